The topological polar surface area (TPSA) is 56.6 Å². The maximum Gasteiger partial charge on any atom is 0.410 e. The quantitative estimate of drug-likeness (QED) is 0.782. The first kappa shape index (κ1) is 20.1. The maximum atomic E-state index is 13.3. The number of nitrogens with zero attached hydrogens (tertiary/aromatic N) is 3. The molecule has 3 rings (SSSR count). The van der Waals surface area contributed by atoms with Gasteiger partial charge in [0.2, 0.25) is 5.88 Å². The zero-order chi connectivity index (χ0) is 20.5. The van der Waals surface area contributed by atoms with Gasteiger partial charge in [0.15, 0.2) is 0 Å². The molecule has 1 aromatic carbocycles. The van der Waals surface area contributed by atoms with Crippen molar-refractivity contribution < 1.29 is 23.0 Å². The van der Waals surface area contributed by atoms with E-state index in [1.165, 1.54) is 13.2 Å². The van der Waals surface area contributed by atoms with Gasteiger partial charge in [-0.3, -0.25) is 4.68 Å². The number of carbonyl (C=O) groups excluding carboxylic acids is 1. The minimum absolute atomic E-state index is 0.00286. The molecule has 0 saturated heterocycles. The summed E-state index contributed by atoms with van der Waals surface area (Å²) in [7, 11) is 1.51. The number of halogens is 2. The van der Waals surface area contributed by atoms with Gasteiger partial charge in [-0.05, 0) is 26.3 Å². The van der Waals surface area contributed by atoms with E-state index in [2.05, 4.69) is 5.10 Å². The molecule has 2 heterocycles. The molecule has 8 heteroatoms. The van der Waals surface area contributed by atoms with Gasteiger partial charge in [-0.1, -0.05) is 24.3 Å². The number of carbonyl (C=O) groups is 1. The lowest BCUT2D eigenvalue weighted by Crippen LogP contribution is -2.40. The van der Waals surface area contributed by atoms with E-state index in [0.717, 1.165) is 11.3 Å². The molecule has 6 nitrogen and oxygen atoms in total. The van der Waals surface area contributed by atoms with E-state index in [1.54, 1.807) is 27.8 Å². The fourth-order valence-electron chi connectivity index (χ4n) is 3.29. The van der Waals surface area contributed by atoms with Crippen molar-refractivity contribution in [2.75, 3.05) is 13.7 Å². The maximum absolute atomic E-state index is 13.3. The van der Waals surface area contributed by atoms with Crippen LogP contribution in [0.2, 0.25) is 0 Å². The van der Waals surface area contributed by atoms with E-state index < -0.39 is 18.1 Å². The molecule has 0 N–H and O–H groups in total. The number of ether oxygens (including phenoxy) is 2. The fourth-order valence-corrected chi connectivity index (χ4v) is 3.29. The number of methoxy groups -OCH3 is 1. The van der Waals surface area contributed by atoms with E-state index in [0.29, 0.717) is 31.0 Å². The van der Waals surface area contributed by atoms with Crippen molar-refractivity contribution in [2.45, 2.75) is 52.3 Å². The summed E-state index contributed by atoms with van der Waals surface area (Å²) in [5.41, 5.74) is 1.61. The van der Waals surface area contributed by atoms with Crippen LogP contribution in [-0.2, 0) is 24.2 Å². The van der Waals surface area contributed by atoms with Gasteiger partial charge < -0.3 is 14.4 Å². The summed E-state index contributed by atoms with van der Waals surface area (Å²) in [6.45, 7) is 6.45. The molecular formula is C20H25F2N3O3. The van der Waals surface area contributed by atoms with Gasteiger partial charge in [0.1, 0.15) is 5.60 Å². The first-order valence-electron chi connectivity index (χ1n) is 9.16. The van der Waals surface area contributed by atoms with Crippen LogP contribution in [0.1, 0.15) is 49.6 Å². The summed E-state index contributed by atoms with van der Waals surface area (Å²) in [5, 5.41) is 4.45. The third kappa shape index (κ3) is 4.26. The Hall–Kier alpha value is -2.64. The monoisotopic (exact) mass is 393 g/mol. The first-order chi connectivity index (χ1) is 13.2. The Bertz CT molecular complexity index is 859. The number of fused-ring (bicyclic) bond motifs is 1. The van der Waals surface area contributed by atoms with Gasteiger partial charge >= 0.3 is 6.09 Å². The summed E-state index contributed by atoms with van der Waals surface area (Å²) in [6, 6.07) is 6.44. The number of benzene rings is 1. The van der Waals surface area contributed by atoms with Gasteiger partial charge in [-0.2, -0.15) is 0 Å². The molecule has 0 fully saturated rings. The van der Waals surface area contributed by atoms with Crippen LogP contribution >= 0.6 is 0 Å². The Labute approximate surface area is 163 Å². The number of hydrogen-bond acceptors (Lipinski definition) is 4. The van der Waals surface area contributed by atoms with Gasteiger partial charge in [0.25, 0.3) is 6.43 Å². The molecule has 0 spiro atoms. The van der Waals surface area contributed by atoms with Gasteiger partial charge in [0, 0.05) is 24.2 Å². The number of alkyl halides is 2. The zero-order valence-corrected chi connectivity index (χ0v) is 16.5. The molecular weight excluding hydrogens is 368 g/mol. The summed E-state index contributed by atoms with van der Waals surface area (Å²) in [5.74, 6) is 0.401. The minimum Gasteiger partial charge on any atom is -0.480 e. The summed E-state index contributed by atoms with van der Waals surface area (Å²) in [6.07, 6.45) is -2.40. The van der Waals surface area contributed by atoms with Crippen molar-refractivity contribution >= 4 is 6.09 Å². The molecule has 0 atom stereocenters. The van der Waals surface area contributed by atoms with Crippen molar-refractivity contribution in [3.05, 3.63) is 46.6 Å². The fraction of sp³-hybridized carbons (Fsp3) is 0.500. The molecule has 1 aliphatic rings. The highest BCUT2D eigenvalue weighted by Crippen LogP contribution is 2.30. The molecule has 1 aliphatic heterocycles. The molecule has 152 valence electrons. The van der Waals surface area contributed by atoms with Crippen molar-refractivity contribution in [3.8, 4) is 5.88 Å². The molecule has 0 bridgehead atoms. The van der Waals surface area contributed by atoms with E-state index in [4.69, 9.17) is 9.47 Å². The average Bonchev–Trinajstić information content (AvgIpc) is 2.97. The van der Waals surface area contributed by atoms with E-state index in [-0.39, 0.29) is 12.1 Å². The Morgan fingerprint density at radius 3 is 2.64 bits per heavy atom. The number of amides is 1. The highest BCUT2D eigenvalue weighted by atomic mass is 19.3. The Balaban J connectivity index is 1.86. The van der Waals surface area contributed by atoms with Gasteiger partial charge in [-0.25, -0.2) is 13.6 Å². The largest absolute Gasteiger partial charge is 0.480 e. The SMILES string of the molecule is COc1nn(Cc2ccccc2C(F)F)c2c1CN(C(=O)OC(C)(C)C)CC2. The third-order valence-electron chi connectivity index (χ3n) is 4.55. The lowest BCUT2D eigenvalue weighted by atomic mass is 10.1. The van der Waals surface area contributed by atoms with Crippen LogP contribution < -0.4 is 4.74 Å². The predicted molar refractivity (Wildman–Crippen MR) is 99.6 cm³/mol. The lowest BCUT2D eigenvalue weighted by molar-refractivity contribution is 0.0221. The van der Waals surface area contributed by atoms with Gasteiger partial charge in [0.05, 0.1) is 25.8 Å². The molecule has 0 radical (unpaired) electrons. The van der Waals surface area contributed by atoms with Crippen molar-refractivity contribution in [1.82, 2.24) is 14.7 Å². The van der Waals surface area contributed by atoms with Crippen LogP contribution in [0.15, 0.2) is 24.3 Å². The summed E-state index contributed by atoms with van der Waals surface area (Å²) in [4.78, 5) is 14.0. The third-order valence-corrected chi connectivity index (χ3v) is 4.55. The number of hydrogen-bond donors (Lipinski definition) is 0. The number of rotatable bonds is 4. The summed E-state index contributed by atoms with van der Waals surface area (Å²) < 4.78 is 39.1. The van der Waals surface area contributed by atoms with Crippen LogP contribution in [0.4, 0.5) is 13.6 Å². The van der Waals surface area contributed by atoms with Crippen LogP contribution in [0.3, 0.4) is 0 Å². The number of aromatic nitrogens is 2. The smallest absolute Gasteiger partial charge is 0.410 e. The van der Waals surface area contributed by atoms with Crippen molar-refractivity contribution in [3.63, 3.8) is 0 Å². The average molecular weight is 393 g/mol. The standard InChI is InChI=1S/C20H25F2N3O3/c1-20(2,3)28-19(26)24-10-9-16-15(12-24)18(27-4)23-25(16)11-13-7-5-6-8-14(13)17(21)22/h5-8,17H,9-12H2,1-4H3. The molecule has 0 saturated carbocycles. The van der Waals surface area contributed by atoms with E-state index >= 15 is 0 Å². The Morgan fingerprint density at radius 2 is 2.00 bits per heavy atom. The molecule has 1 aromatic heterocycles. The lowest BCUT2D eigenvalue weighted by Gasteiger charge is -2.30. The van der Waals surface area contributed by atoms with Crippen molar-refractivity contribution in [1.29, 1.82) is 0 Å². The minimum atomic E-state index is -2.55. The van der Waals surface area contributed by atoms with E-state index in [1.807, 2.05) is 20.8 Å². The van der Waals surface area contributed by atoms with Crippen molar-refractivity contribution in [2.24, 2.45) is 0 Å². The highest BCUT2D eigenvalue weighted by molar-refractivity contribution is 5.68. The highest BCUT2D eigenvalue weighted by Gasteiger charge is 2.31. The molecule has 0 aliphatic carbocycles. The Morgan fingerprint density at radius 1 is 1.29 bits per heavy atom. The first-order valence-corrected chi connectivity index (χ1v) is 9.16. The van der Waals surface area contributed by atoms with Crippen LogP contribution in [0.25, 0.3) is 0 Å². The predicted octanol–water partition coefficient (Wildman–Crippen LogP) is 4.17. The molecule has 1 amide bonds. The normalized spacial score (nSPS) is 14.2. The second-order valence-corrected chi connectivity index (χ2v) is 7.74. The molecule has 0 unspecified atom stereocenters. The second kappa shape index (κ2) is 7.77. The van der Waals surface area contributed by atoms with Crippen LogP contribution in [0, 0.1) is 0 Å². The van der Waals surface area contributed by atoms with E-state index in [9.17, 15) is 13.6 Å². The Kier molecular flexibility index (Phi) is 5.58. The van der Waals surface area contributed by atoms with Crippen LogP contribution in [-0.4, -0.2) is 40.0 Å². The summed E-state index contributed by atoms with van der Waals surface area (Å²) >= 11 is 0. The zero-order valence-electron chi connectivity index (χ0n) is 16.5. The second-order valence-electron chi connectivity index (χ2n) is 7.74. The van der Waals surface area contributed by atoms with Gasteiger partial charge in [-0.15, -0.1) is 5.10 Å². The molecule has 28 heavy (non-hydrogen) atoms. The molecule has 2 aromatic rings. The van der Waals surface area contributed by atoms with Crippen LogP contribution in [0.5, 0.6) is 5.88 Å².